The molecule has 0 saturated carbocycles. The zero-order chi connectivity index (χ0) is 16.9. The molecule has 0 radical (unpaired) electrons. The molecule has 2 heterocycles. The minimum atomic E-state index is 0.615. The van der Waals surface area contributed by atoms with Crippen molar-refractivity contribution >= 4 is 17.1 Å². The number of benzene rings is 2. The number of anilines is 1. The Morgan fingerprint density at radius 3 is 2.40 bits per heavy atom. The minimum Gasteiger partial charge on any atom is -0.424 e. The van der Waals surface area contributed by atoms with E-state index < -0.39 is 0 Å². The van der Waals surface area contributed by atoms with Gasteiger partial charge in [-0.1, -0.05) is 42.5 Å². The third-order valence-electron chi connectivity index (χ3n) is 4.71. The van der Waals surface area contributed by atoms with Gasteiger partial charge in [-0.05, 0) is 17.7 Å². The number of nitrogens with zero attached hydrogens (tertiary/aromatic N) is 3. The van der Waals surface area contributed by atoms with Crippen molar-refractivity contribution in [3.05, 3.63) is 60.2 Å². The van der Waals surface area contributed by atoms with Crippen LogP contribution in [-0.2, 0) is 6.54 Å². The van der Waals surface area contributed by atoms with Crippen LogP contribution in [0, 0.1) is 0 Å². The van der Waals surface area contributed by atoms with Crippen LogP contribution in [0.3, 0.4) is 0 Å². The maximum absolute atomic E-state index is 5.69. The van der Waals surface area contributed by atoms with Crippen molar-refractivity contribution in [3.8, 4) is 0 Å². The smallest absolute Gasteiger partial charge is 0.295 e. The van der Waals surface area contributed by atoms with Gasteiger partial charge in [0.15, 0.2) is 5.58 Å². The lowest BCUT2D eigenvalue weighted by Gasteiger charge is -2.34. The molecule has 0 unspecified atom stereocenters. The van der Waals surface area contributed by atoms with Gasteiger partial charge in [-0.25, -0.2) is 0 Å². The molecular weight excluding hydrogens is 312 g/mol. The molecule has 1 saturated heterocycles. The fourth-order valence-electron chi connectivity index (χ4n) is 3.28. The van der Waals surface area contributed by atoms with Gasteiger partial charge in [0.25, 0.3) is 6.01 Å². The van der Waals surface area contributed by atoms with Gasteiger partial charge in [0.1, 0.15) is 5.52 Å². The van der Waals surface area contributed by atoms with Crippen LogP contribution in [0.2, 0.25) is 0 Å². The molecule has 130 valence electrons. The quantitative estimate of drug-likeness (QED) is 0.749. The van der Waals surface area contributed by atoms with E-state index >= 15 is 0 Å². The largest absolute Gasteiger partial charge is 0.424 e. The Balaban J connectivity index is 1.20. The van der Waals surface area contributed by atoms with Crippen LogP contribution < -0.4 is 5.32 Å². The summed E-state index contributed by atoms with van der Waals surface area (Å²) in [5, 5.41) is 3.30. The number of para-hydroxylation sites is 2. The van der Waals surface area contributed by atoms with Crippen LogP contribution in [0.1, 0.15) is 5.56 Å². The lowest BCUT2D eigenvalue weighted by Crippen LogP contribution is -2.47. The normalized spacial score (nSPS) is 16.3. The molecule has 0 atom stereocenters. The average Bonchev–Trinajstić information content (AvgIpc) is 3.07. The molecule has 1 aliphatic rings. The number of oxazole rings is 1. The van der Waals surface area contributed by atoms with E-state index in [2.05, 4.69) is 50.4 Å². The Morgan fingerprint density at radius 1 is 0.880 bits per heavy atom. The first-order chi connectivity index (χ1) is 12.4. The third-order valence-corrected chi connectivity index (χ3v) is 4.71. The zero-order valence-electron chi connectivity index (χ0n) is 14.4. The van der Waals surface area contributed by atoms with Crippen LogP contribution in [0.4, 0.5) is 6.01 Å². The Labute approximate surface area is 148 Å². The molecule has 25 heavy (non-hydrogen) atoms. The first-order valence-corrected chi connectivity index (χ1v) is 8.95. The molecule has 5 heteroatoms. The summed E-state index contributed by atoms with van der Waals surface area (Å²) in [6.07, 6.45) is 0. The predicted octanol–water partition coefficient (Wildman–Crippen LogP) is 3.06. The van der Waals surface area contributed by atoms with Gasteiger partial charge >= 0.3 is 0 Å². The van der Waals surface area contributed by atoms with Crippen LogP contribution in [0.15, 0.2) is 59.0 Å². The first kappa shape index (κ1) is 16.1. The second-order valence-corrected chi connectivity index (χ2v) is 6.52. The van der Waals surface area contributed by atoms with Crippen molar-refractivity contribution in [2.24, 2.45) is 0 Å². The average molecular weight is 336 g/mol. The number of piperazine rings is 1. The molecular formula is C20H24N4O. The Kier molecular flexibility index (Phi) is 4.95. The number of hydrogen-bond donors (Lipinski definition) is 1. The summed E-state index contributed by atoms with van der Waals surface area (Å²) in [7, 11) is 0. The number of rotatable bonds is 6. The lowest BCUT2D eigenvalue weighted by molar-refractivity contribution is 0.130. The van der Waals surface area contributed by atoms with E-state index in [1.54, 1.807) is 0 Å². The van der Waals surface area contributed by atoms with E-state index in [4.69, 9.17) is 4.42 Å². The molecule has 0 spiro atoms. The van der Waals surface area contributed by atoms with Gasteiger partial charge in [-0.15, -0.1) is 0 Å². The van der Waals surface area contributed by atoms with Gasteiger partial charge in [0.05, 0.1) is 0 Å². The number of nitrogens with one attached hydrogen (secondary N) is 1. The summed E-state index contributed by atoms with van der Waals surface area (Å²) < 4.78 is 5.69. The molecule has 1 N–H and O–H groups in total. The van der Waals surface area contributed by atoms with Gasteiger partial charge in [-0.2, -0.15) is 4.98 Å². The summed E-state index contributed by atoms with van der Waals surface area (Å²) in [6.45, 7) is 7.39. The first-order valence-electron chi connectivity index (χ1n) is 8.95. The fourth-order valence-corrected chi connectivity index (χ4v) is 3.28. The molecule has 0 aliphatic carbocycles. The van der Waals surface area contributed by atoms with E-state index in [1.807, 2.05) is 24.3 Å². The number of fused-ring (bicyclic) bond motifs is 1. The second-order valence-electron chi connectivity index (χ2n) is 6.52. The fraction of sp³-hybridized carbons (Fsp3) is 0.350. The summed E-state index contributed by atoms with van der Waals surface area (Å²) >= 11 is 0. The summed E-state index contributed by atoms with van der Waals surface area (Å²) in [4.78, 5) is 9.47. The van der Waals surface area contributed by atoms with Gasteiger partial charge < -0.3 is 9.73 Å². The molecule has 1 aromatic heterocycles. The van der Waals surface area contributed by atoms with Crippen molar-refractivity contribution in [1.29, 1.82) is 0 Å². The maximum atomic E-state index is 5.69. The summed E-state index contributed by atoms with van der Waals surface area (Å²) in [6, 6.07) is 19.2. The van der Waals surface area contributed by atoms with E-state index in [1.165, 1.54) is 5.56 Å². The monoisotopic (exact) mass is 336 g/mol. The highest BCUT2D eigenvalue weighted by molar-refractivity contribution is 5.74. The molecule has 0 amide bonds. The lowest BCUT2D eigenvalue weighted by atomic mass is 10.2. The standard InChI is InChI=1S/C20H24N4O/c1-2-6-17(7-3-1)16-24-14-12-23(13-15-24)11-10-21-20-22-18-8-4-5-9-19(18)25-20/h1-9H,10-16H2,(H,21,22). The van der Waals surface area contributed by atoms with E-state index in [0.29, 0.717) is 6.01 Å². The maximum Gasteiger partial charge on any atom is 0.295 e. The molecule has 0 bridgehead atoms. The molecule has 5 nitrogen and oxygen atoms in total. The highest BCUT2D eigenvalue weighted by atomic mass is 16.4. The predicted molar refractivity (Wildman–Crippen MR) is 101 cm³/mol. The molecule has 2 aromatic carbocycles. The second kappa shape index (κ2) is 7.68. The molecule has 3 aromatic rings. The van der Waals surface area contributed by atoms with E-state index in [0.717, 1.165) is 56.9 Å². The number of aromatic nitrogens is 1. The van der Waals surface area contributed by atoms with Crippen molar-refractivity contribution in [3.63, 3.8) is 0 Å². The SMILES string of the molecule is c1ccc(CN2CCN(CCNc3nc4ccccc4o3)CC2)cc1. The third kappa shape index (κ3) is 4.18. The van der Waals surface area contributed by atoms with E-state index in [9.17, 15) is 0 Å². The summed E-state index contributed by atoms with van der Waals surface area (Å²) in [5.74, 6) is 0. The van der Waals surface area contributed by atoms with Crippen molar-refractivity contribution in [2.45, 2.75) is 6.54 Å². The number of hydrogen-bond acceptors (Lipinski definition) is 5. The highest BCUT2D eigenvalue weighted by Gasteiger charge is 2.16. The summed E-state index contributed by atoms with van der Waals surface area (Å²) in [5.41, 5.74) is 3.13. The van der Waals surface area contributed by atoms with Crippen molar-refractivity contribution in [1.82, 2.24) is 14.8 Å². The van der Waals surface area contributed by atoms with Crippen molar-refractivity contribution in [2.75, 3.05) is 44.6 Å². The van der Waals surface area contributed by atoms with Crippen molar-refractivity contribution < 1.29 is 4.42 Å². The molecule has 1 aliphatic heterocycles. The minimum absolute atomic E-state index is 0.615. The van der Waals surface area contributed by atoms with Crippen LogP contribution in [0.25, 0.3) is 11.1 Å². The zero-order valence-corrected chi connectivity index (χ0v) is 14.4. The Morgan fingerprint density at radius 2 is 1.60 bits per heavy atom. The van der Waals surface area contributed by atoms with Crippen LogP contribution in [0.5, 0.6) is 0 Å². The Hall–Kier alpha value is -2.37. The van der Waals surface area contributed by atoms with Gasteiger partial charge in [-0.3, -0.25) is 9.80 Å². The van der Waals surface area contributed by atoms with Crippen LogP contribution in [-0.4, -0.2) is 54.1 Å². The molecule has 4 rings (SSSR count). The topological polar surface area (TPSA) is 44.5 Å². The molecule has 1 fully saturated rings. The highest BCUT2D eigenvalue weighted by Crippen LogP contribution is 2.17. The van der Waals surface area contributed by atoms with Crippen LogP contribution >= 0.6 is 0 Å². The van der Waals surface area contributed by atoms with Gasteiger partial charge in [0.2, 0.25) is 0 Å². The van der Waals surface area contributed by atoms with E-state index in [-0.39, 0.29) is 0 Å². The van der Waals surface area contributed by atoms with Gasteiger partial charge in [0, 0.05) is 45.8 Å². The Bertz CT molecular complexity index is 761.